The van der Waals surface area contributed by atoms with Crippen LogP contribution in [-0.4, -0.2) is 19.5 Å². The number of rotatable bonds is 5. The van der Waals surface area contributed by atoms with Gasteiger partial charge in [-0.25, -0.2) is 19.8 Å². The van der Waals surface area contributed by atoms with Crippen molar-refractivity contribution in [1.29, 1.82) is 0 Å². The van der Waals surface area contributed by atoms with E-state index in [2.05, 4.69) is 106 Å². The van der Waals surface area contributed by atoms with Gasteiger partial charge in [-0.05, 0) is 59.0 Å². The number of hydrogen-bond acceptors (Lipinski definition) is 4. The second-order valence-electron chi connectivity index (χ2n) is 12.7. The molecule has 0 amide bonds. The summed E-state index contributed by atoms with van der Waals surface area (Å²) in [5, 5.41) is 4.51. The molecule has 0 saturated carbocycles. The van der Waals surface area contributed by atoms with Crippen LogP contribution in [0.5, 0.6) is 0 Å². The molecule has 0 saturated heterocycles. The summed E-state index contributed by atoms with van der Waals surface area (Å²) in [5.41, 5.74) is 8.65. The molecule has 0 atom stereocenters. The smallest absolute Gasteiger partial charge is 0.188 e. The quantitative estimate of drug-likeness (QED) is 0.170. The van der Waals surface area contributed by atoms with Crippen LogP contribution >= 0.6 is 11.3 Å². The van der Waals surface area contributed by atoms with Gasteiger partial charge in [0.15, 0.2) is 23.2 Å². The Morgan fingerprint density at radius 1 is 0.481 bits per heavy atom. The van der Waals surface area contributed by atoms with Crippen molar-refractivity contribution >= 4 is 59.0 Å². The first-order valence-electron chi connectivity index (χ1n) is 17.1. The van der Waals surface area contributed by atoms with Crippen molar-refractivity contribution < 1.29 is 0 Å². The van der Waals surface area contributed by atoms with Crippen molar-refractivity contribution in [1.82, 2.24) is 19.5 Å². The normalized spacial score (nSPS) is 11.4. The van der Waals surface area contributed by atoms with Crippen LogP contribution in [0.15, 0.2) is 164 Å². The first-order valence-corrected chi connectivity index (χ1v) is 17.9. The van der Waals surface area contributed by atoms with E-state index in [4.69, 9.17) is 21.5 Å². The minimum absolute atomic E-state index is 0.576. The molecule has 0 fully saturated rings. The molecule has 0 radical (unpaired) electrons. The van der Waals surface area contributed by atoms with Crippen LogP contribution in [0.2, 0.25) is 0 Å². The van der Waals surface area contributed by atoms with Crippen molar-refractivity contribution in [3.05, 3.63) is 175 Å². The van der Waals surface area contributed by atoms with Crippen LogP contribution in [-0.2, 0) is 0 Å². The van der Waals surface area contributed by atoms with Crippen molar-refractivity contribution in [2.45, 2.75) is 0 Å². The third-order valence-electron chi connectivity index (χ3n) is 9.66. The Kier molecular flexibility index (Phi) is 6.98. The first-order chi connectivity index (χ1) is 25.7. The van der Waals surface area contributed by atoms with Gasteiger partial charge in [0.1, 0.15) is 0 Å². The van der Waals surface area contributed by atoms with Crippen molar-refractivity contribution in [3.63, 3.8) is 0 Å². The molecule has 10 aromatic rings. The highest BCUT2D eigenvalue weighted by atomic mass is 32.1. The molecule has 0 spiro atoms. The van der Waals surface area contributed by atoms with E-state index >= 15 is 0 Å². The van der Waals surface area contributed by atoms with E-state index in [0.717, 1.165) is 49.7 Å². The third-order valence-corrected chi connectivity index (χ3v) is 10.9. The highest BCUT2D eigenvalue weighted by Gasteiger charge is 2.20. The standard InChI is InChI=1S/C46H27N5S/c1-47-32-25-26-39-38(28-32)42-37(22-12-23-40(42)51(39)33-17-6-3-7-18-33)46-49-44(29-13-4-2-5-14-29)48-45(50-46)31-16-10-15-30(27-31)34-20-11-21-36-35-19-8-9-24-41(35)52-43(34)36/h2-28H. The zero-order valence-corrected chi connectivity index (χ0v) is 28.5. The fourth-order valence-corrected chi connectivity index (χ4v) is 8.55. The van der Waals surface area contributed by atoms with E-state index in [0.29, 0.717) is 23.2 Å². The molecule has 3 aromatic heterocycles. The maximum absolute atomic E-state index is 7.80. The van der Waals surface area contributed by atoms with Gasteiger partial charge < -0.3 is 4.57 Å². The molecule has 0 unspecified atom stereocenters. The SMILES string of the molecule is [C-]#[N+]c1ccc2c(c1)c1c(-c3nc(-c4ccccc4)nc(-c4cccc(-c5cccc6c5sc5ccccc56)c4)n3)cccc1n2-c1ccccc1. The summed E-state index contributed by atoms with van der Waals surface area (Å²) in [6, 6.07) is 56.2. The first kappa shape index (κ1) is 29.9. The lowest BCUT2D eigenvalue weighted by Crippen LogP contribution is -2.00. The maximum Gasteiger partial charge on any atom is 0.188 e. The van der Waals surface area contributed by atoms with Gasteiger partial charge in [0.05, 0.1) is 17.6 Å². The molecule has 6 heteroatoms. The Hall–Kier alpha value is -6.94. The van der Waals surface area contributed by atoms with Crippen LogP contribution in [0.25, 0.3) is 97.8 Å². The predicted molar refractivity (Wildman–Crippen MR) is 215 cm³/mol. The summed E-state index contributed by atoms with van der Waals surface area (Å²) in [7, 11) is 0. The zero-order valence-electron chi connectivity index (χ0n) is 27.7. The van der Waals surface area contributed by atoms with Gasteiger partial charge in [0, 0.05) is 47.9 Å². The number of para-hydroxylation sites is 1. The Morgan fingerprint density at radius 3 is 1.98 bits per heavy atom. The van der Waals surface area contributed by atoms with Gasteiger partial charge in [-0.1, -0.05) is 121 Å². The van der Waals surface area contributed by atoms with Gasteiger partial charge in [0.2, 0.25) is 0 Å². The Labute approximate surface area is 303 Å². The van der Waals surface area contributed by atoms with Crippen LogP contribution < -0.4 is 0 Å². The molecular weight excluding hydrogens is 655 g/mol. The second-order valence-corrected chi connectivity index (χ2v) is 13.8. The number of fused-ring (bicyclic) bond motifs is 6. The molecule has 0 aliphatic heterocycles. The minimum atomic E-state index is 0.576. The van der Waals surface area contributed by atoms with Crippen LogP contribution in [0, 0.1) is 6.57 Å². The monoisotopic (exact) mass is 681 g/mol. The van der Waals surface area contributed by atoms with E-state index < -0.39 is 0 Å². The Bertz CT molecular complexity index is 3030. The number of aromatic nitrogens is 4. The fraction of sp³-hybridized carbons (Fsp3) is 0. The van der Waals surface area contributed by atoms with Gasteiger partial charge in [-0.15, -0.1) is 11.3 Å². The fourth-order valence-electron chi connectivity index (χ4n) is 7.31. The van der Waals surface area contributed by atoms with Crippen molar-refractivity contribution in [3.8, 4) is 51.0 Å². The lowest BCUT2D eigenvalue weighted by Gasteiger charge is -2.11. The number of hydrogen-bond donors (Lipinski definition) is 0. The Balaban J connectivity index is 1.21. The molecule has 0 aliphatic carbocycles. The number of thiophene rings is 1. The topological polar surface area (TPSA) is 48.0 Å². The molecule has 7 aromatic carbocycles. The summed E-state index contributed by atoms with van der Waals surface area (Å²) >= 11 is 1.83. The van der Waals surface area contributed by atoms with E-state index in [-0.39, 0.29) is 0 Å². The highest BCUT2D eigenvalue weighted by Crippen LogP contribution is 2.42. The molecule has 242 valence electrons. The zero-order chi connectivity index (χ0) is 34.6. The van der Waals surface area contributed by atoms with E-state index in [1.165, 1.54) is 25.7 Å². The predicted octanol–water partition coefficient (Wildman–Crippen LogP) is 12.6. The molecule has 0 bridgehead atoms. The summed E-state index contributed by atoms with van der Waals surface area (Å²) < 4.78 is 4.80. The minimum Gasteiger partial charge on any atom is -0.309 e. The summed E-state index contributed by atoms with van der Waals surface area (Å²) in [6.07, 6.45) is 0. The van der Waals surface area contributed by atoms with E-state index in [9.17, 15) is 0 Å². The largest absolute Gasteiger partial charge is 0.309 e. The van der Waals surface area contributed by atoms with Gasteiger partial charge >= 0.3 is 0 Å². The number of benzene rings is 7. The second kappa shape index (κ2) is 12.1. The average Bonchev–Trinajstić information content (AvgIpc) is 3.77. The molecule has 3 heterocycles. The van der Waals surface area contributed by atoms with Crippen LogP contribution in [0.4, 0.5) is 5.69 Å². The molecule has 5 nitrogen and oxygen atoms in total. The maximum atomic E-state index is 7.80. The van der Waals surface area contributed by atoms with Crippen LogP contribution in [0.3, 0.4) is 0 Å². The third kappa shape index (κ3) is 4.87. The lowest BCUT2D eigenvalue weighted by molar-refractivity contribution is 1.08. The van der Waals surface area contributed by atoms with Gasteiger partial charge in [0.25, 0.3) is 0 Å². The molecule has 0 N–H and O–H groups in total. The number of nitrogens with zero attached hydrogens (tertiary/aromatic N) is 5. The summed E-state index contributed by atoms with van der Waals surface area (Å²) in [5.74, 6) is 1.77. The molecule has 52 heavy (non-hydrogen) atoms. The average molecular weight is 682 g/mol. The Morgan fingerprint density at radius 2 is 1.13 bits per heavy atom. The van der Waals surface area contributed by atoms with E-state index in [1.807, 2.05) is 78.1 Å². The summed E-state index contributed by atoms with van der Waals surface area (Å²) in [4.78, 5) is 19.2. The van der Waals surface area contributed by atoms with Crippen molar-refractivity contribution in [2.24, 2.45) is 0 Å². The molecule has 10 rings (SSSR count). The molecule has 0 aliphatic rings. The van der Waals surface area contributed by atoms with Crippen molar-refractivity contribution in [2.75, 3.05) is 0 Å². The van der Waals surface area contributed by atoms with Gasteiger partial charge in [-0.2, -0.15) is 0 Å². The lowest BCUT2D eigenvalue weighted by atomic mass is 10.0. The van der Waals surface area contributed by atoms with Crippen LogP contribution in [0.1, 0.15) is 0 Å². The highest BCUT2D eigenvalue weighted by molar-refractivity contribution is 7.26. The summed E-state index contributed by atoms with van der Waals surface area (Å²) in [6.45, 7) is 7.80. The molecular formula is C46H27N5S. The van der Waals surface area contributed by atoms with E-state index in [1.54, 1.807) is 0 Å². The van der Waals surface area contributed by atoms with Gasteiger partial charge in [-0.3, -0.25) is 0 Å².